The lowest BCUT2D eigenvalue weighted by atomic mass is 9.84. The van der Waals surface area contributed by atoms with E-state index in [1.54, 1.807) is 12.1 Å². The first kappa shape index (κ1) is 16.0. The molecule has 23 heavy (non-hydrogen) atoms. The number of sulfonamides is 1. The van der Waals surface area contributed by atoms with Crippen LogP contribution in [0, 0.1) is 0 Å². The Bertz CT molecular complexity index is 759. The van der Waals surface area contributed by atoms with Crippen LogP contribution in [0.1, 0.15) is 49.4 Å². The molecule has 1 unspecified atom stereocenters. The molecule has 3 rings (SSSR count). The number of carbonyl (C=O) groups excluding carboxylic acids is 2. The highest BCUT2D eigenvalue weighted by Gasteiger charge is 2.56. The van der Waals surface area contributed by atoms with Gasteiger partial charge >= 0.3 is 0 Å². The van der Waals surface area contributed by atoms with E-state index in [9.17, 15) is 18.0 Å². The summed E-state index contributed by atoms with van der Waals surface area (Å²) >= 11 is 0. The molecule has 0 aliphatic carbocycles. The van der Waals surface area contributed by atoms with Crippen molar-refractivity contribution in [3.05, 3.63) is 29.8 Å². The van der Waals surface area contributed by atoms with Gasteiger partial charge in [-0.05, 0) is 31.4 Å². The number of nitrogens with one attached hydrogen (secondary N) is 1. The third kappa shape index (κ3) is 2.25. The number of rotatable bonds is 4. The molecule has 2 aliphatic heterocycles. The van der Waals surface area contributed by atoms with Gasteiger partial charge in [0.25, 0.3) is 15.9 Å². The standard InChI is InChI=1S/C16H20N2O4S/c1-2-3-9-16(10-6-11-17-15(16)20)18-14(19)12-7-4-5-8-13(12)23(18,21)22/h4-5,7-8H,2-3,6,9-11H2,1H3,(H,17,20). The first-order chi connectivity index (χ1) is 10.9. The summed E-state index contributed by atoms with van der Waals surface area (Å²) in [5, 5.41) is 2.75. The molecule has 2 heterocycles. The molecule has 1 aromatic carbocycles. The smallest absolute Gasteiger partial charge is 0.270 e. The molecule has 1 fully saturated rings. The van der Waals surface area contributed by atoms with Gasteiger partial charge in [0, 0.05) is 6.54 Å². The molecule has 7 heteroatoms. The number of nitrogens with zero attached hydrogens (tertiary/aromatic N) is 1. The van der Waals surface area contributed by atoms with Crippen molar-refractivity contribution in [3.63, 3.8) is 0 Å². The zero-order valence-electron chi connectivity index (χ0n) is 13.0. The quantitative estimate of drug-likeness (QED) is 0.906. The molecule has 0 saturated carbocycles. The number of hydrogen-bond donors (Lipinski definition) is 1. The summed E-state index contributed by atoms with van der Waals surface area (Å²) in [5.74, 6) is -0.948. The third-order valence-corrected chi connectivity index (χ3v) is 6.54. The van der Waals surface area contributed by atoms with E-state index in [-0.39, 0.29) is 16.4 Å². The second-order valence-corrected chi connectivity index (χ2v) is 7.82. The van der Waals surface area contributed by atoms with Crippen LogP contribution in [-0.4, -0.2) is 36.6 Å². The van der Waals surface area contributed by atoms with Crippen LogP contribution in [-0.2, 0) is 14.8 Å². The highest BCUT2D eigenvalue weighted by atomic mass is 32.2. The van der Waals surface area contributed by atoms with Crippen molar-refractivity contribution >= 4 is 21.8 Å². The summed E-state index contributed by atoms with van der Waals surface area (Å²) in [6, 6.07) is 6.16. The predicted molar refractivity (Wildman–Crippen MR) is 84.3 cm³/mol. The largest absolute Gasteiger partial charge is 0.354 e. The molecular formula is C16H20N2O4S. The van der Waals surface area contributed by atoms with E-state index in [0.717, 1.165) is 10.7 Å². The number of benzene rings is 1. The number of hydrogen-bond acceptors (Lipinski definition) is 4. The number of carbonyl (C=O) groups is 2. The molecular weight excluding hydrogens is 316 g/mol. The topological polar surface area (TPSA) is 83.6 Å². The number of amides is 2. The van der Waals surface area contributed by atoms with Gasteiger partial charge in [0.1, 0.15) is 10.4 Å². The molecule has 0 spiro atoms. The van der Waals surface area contributed by atoms with Crippen molar-refractivity contribution in [2.24, 2.45) is 0 Å². The van der Waals surface area contributed by atoms with E-state index >= 15 is 0 Å². The van der Waals surface area contributed by atoms with Crippen molar-refractivity contribution < 1.29 is 18.0 Å². The van der Waals surface area contributed by atoms with Gasteiger partial charge in [-0.1, -0.05) is 31.9 Å². The highest BCUT2D eigenvalue weighted by Crippen LogP contribution is 2.41. The lowest BCUT2D eigenvalue weighted by molar-refractivity contribution is -0.132. The van der Waals surface area contributed by atoms with Crippen LogP contribution in [0.4, 0.5) is 0 Å². The minimum absolute atomic E-state index is 0.000697. The van der Waals surface area contributed by atoms with Crippen LogP contribution >= 0.6 is 0 Å². The Morgan fingerprint density at radius 1 is 1.26 bits per heavy atom. The summed E-state index contributed by atoms with van der Waals surface area (Å²) in [5.41, 5.74) is -1.15. The maximum atomic E-state index is 12.9. The molecule has 1 N–H and O–H groups in total. The van der Waals surface area contributed by atoms with Gasteiger partial charge in [-0.25, -0.2) is 12.7 Å². The monoisotopic (exact) mass is 336 g/mol. The predicted octanol–water partition coefficient (Wildman–Crippen LogP) is 1.67. The van der Waals surface area contributed by atoms with Crippen LogP contribution in [0.25, 0.3) is 0 Å². The van der Waals surface area contributed by atoms with Crippen molar-refractivity contribution in [2.45, 2.75) is 49.5 Å². The average Bonchev–Trinajstić information content (AvgIpc) is 2.75. The van der Waals surface area contributed by atoms with Crippen LogP contribution < -0.4 is 5.32 Å². The number of unbranched alkanes of at least 4 members (excludes halogenated alkanes) is 1. The lowest BCUT2D eigenvalue weighted by Gasteiger charge is -2.41. The van der Waals surface area contributed by atoms with E-state index in [0.29, 0.717) is 32.2 Å². The van der Waals surface area contributed by atoms with E-state index < -0.39 is 21.5 Å². The normalized spacial score (nSPS) is 26.0. The van der Waals surface area contributed by atoms with Crippen molar-refractivity contribution in [3.8, 4) is 0 Å². The fourth-order valence-corrected chi connectivity index (χ4v) is 5.40. The minimum atomic E-state index is -3.99. The van der Waals surface area contributed by atoms with E-state index in [1.165, 1.54) is 12.1 Å². The Morgan fingerprint density at radius 3 is 2.65 bits per heavy atom. The first-order valence-electron chi connectivity index (χ1n) is 7.92. The maximum Gasteiger partial charge on any atom is 0.270 e. The fourth-order valence-electron chi connectivity index (χ4n) is 3.47. The van der Waals surface area contributed by atoms with E-state index in [4.69, 9.17) is 0 Å². The Hall–Kier alpha value is -1.89. The molecule has 0 aromatic heterocycles. The van der Waals surface area contributed by atoms with Crippen LogP contribution in [0.2, 0.25) is 0 Å². The molecule has 6 nitrogen and oxygen atoms in total. The SMILES string of the molecule is CCCCC1(N2C(=O)c3ccccc3S2(=O)=O)CCCNC1=O. The summed E-state index contributed by atoms with van der Waals surface area (Å²) in [4.78, 5) is 25.4. The van der Waals surface area contributed by atoms with Gasteiger partial charge < -0.3 is 5.32 Å². The van der Waals surface area contributed by atoms with Gasteiger partial charge in [-0.15, -0.1) is 0 Å². The van der Waals surface area contributed by atoms with Gasteiger partial charge in [0.15, 0.2) is 0 Å². The van der Waals surface area contributed by atoms with Crippen LogP contribution in [0.3, 0.4) is 0 Å². The fraction of sp³-hybridized carbons (Fsp3) is 0.500. The van der Waals surface area contributed by atoms with Crippen molar-refractivity contribution in [2.75, 3.05) is 6.54 Å². The van der Waals surface area contributed by atoms with Crippen molar-refractivity contribution in [1.82, 2.24) is 9.62 Å². The van der Waals surface area contributed by atoms with Gasteiger partial charge in [0.05, 0.1) is 5.56 Å². The van der Waals surface area contributed by atoms with E-state index in [2.05, 4.69) is 5.32 Å². The number of piperidine rings is 1. The Balaban J connectivity index is 2.14. The Morgan fingerprint density at radius 2 is 2.00 bits per heavy atom. The average molecular weight is 336 g/mol. The van der Waals surface area contributed by atoms with Crippen LogP contribution in [0.15, 0.2) is 29.2 Å². The van der Waals surface area contributed by atoms with Crippen molar-refractivity contribution in [1.29, 1.82) is 0 Å². The maximum absolute atomic E-state index is 12.9. The summed E-state index contributed by atoms with van der Waals surface area (Å²) < 4.78 is 26.7. The molecule has 1 saturated heterocycles. The Kier molecular flexibility index (Phi) is 3.91. The second-order valence-electron chi connectivity index (χ2n) is 6.07. The van der Waals surface area contributed by atoms with Gasteiger partial charge in [-0.3, -0.25) is 9.59 Å². The van der Waals surface area contributed by atoms with Gasteiger partial charge in [-0.2, -0.15) is 0 Å². The summed E-state index contributed by atoms with van der Waals surface area (Å²) in [6.07, 6.45) is 2.89. The summed E-state index contributed by atoms with van der Waals surface area (Å²) in [6.45, 7) is 2.49. The molecule has 2 aliphatic rings. The second kappa shape index (κ2) is 5.63. The van der Waals surface area contributed by atoms with E-state index in [1.807, 2.05) is 6.92 Å². The number of fused-ring (bicyclic) bond motifs is 1. The molecule has 124 valence electrons. The summed E-state index contributed by atoms with van der Waals surface area (Å²) in [7, 11) is -3.99. The minimum Gasteiger partial charge on any atom is -0.354 e. The zero-order valence-corrected chi connectivity index (χ0v) is 13.9. The van der Waals surface area contributed by atoms with Gasteiger partial charge in [0.2, 0.25) is 5.91 Å². The first-order valence-corrected chi connectivity index (χ1v) is 9.36. The molecule has 2 amide bonds. The third-order valence-electron chi connectivity index (χ3n) is 4.63. The molecule has 0 bridgehead atoms. The molecule has 0 radical (unpaired) electrons. The Labute approximate surface area is 135 Å². The molecule has 1 aromatic rings. The lowest BCUT2D eigenvalue weighted by Crippen LogP contribution is -2.63. The molecule has 1 atom stereocenters. The zero-order chi connectivity index (χ0) is 16.7. The highest BCUT2D eigenvalue weighted by molar-refractivity contribution is 7.90. The van der Waals surface area contributed by atoms with Crippen LogP contribution in [0.5, 0.6) is 0 Å².